The van der Waals surface area contributed by atoms with Crippen LogP contribution in [0.1, 0.15) is 25.7 Å². The molecular formula is C15H24N2O. The Labute approximate surface area is 110 Å². The van der Waals surface area contributed by atoms with Crippen LogP contribution in [0.15, 0.2) is 24.3 Å². The van der Waals surface area contributed by atoms with Crippen molar-refractivity contribution in [3.05, 3.63) is 24.3 Å². The average Bonchev–Trinajstić information content (AvgIpc) is 2.84. The summed E-state index contributed by atoms with van der Waals surface area (Å²) in [6.07, 6.45) is 5.34. The summed E-state index contributed by atoms with van der Waals surface area (Å²) in [5.74, 6) is 0.953. The second-order valence-electron chi connectivity index (χ2n) is 5.30. The van der Waals surface area contributed by atoms with E-state index in [1.165, 1.54) is 31.4 Å². The molecule has 0 aromatic heterocycles. The van der Waals surface area contributed by atoms with E-state index in [4.69, 9.17) is 4.74 Å². The standard InChI is InChI=1S/C15H24N2O/c1-17(2)11-12-18-15-9-7-14(8-10-15)16-13-5-3-4-6-13/h7-10,13,16H,3-6,11-12H2,1-2H3. The van der Waals surface area contributed by atoms with Gasteiger partial charge in [0.05, 0.1) is 0 Å². The molecule has 0 heterocycles. The van der Waals surface area contributed by atoms with Crippen LogP contribution in [0.2, 0.25) is 0 Å². The summed E-state index contributed by atoms with van der Waals surface area (Å²) in [5, 5.41) is 3.58. The number of anilines is 1. The van der Waals surface area contributed by atoms with Gasteiger partial charge in [0.15, 0.2) is 0 Å². The predicted molar refractivity (Wildman–Crippen MR) is 76.4 cm³/mol. The Morgan fingerprint density at radius 3 is 2.44 bits per heavy atom. The number of hydrogen-bond acceptors (Lipinski definition) is 3. The second-order valence-corrected chi connectivity index (χ2v) is 5.30. The highest BCUT2D eigenvalue weighted by Crippen LogP contribution is 2.23. The molecule has 0 unspecified atom stereocenters. The maximum absolute atomic E-state index is 5.67. The normalized spacial score (nSPS) is 16.2. The quantitative estimate of drug-likeness (QED) is 0.837. The molecule has 1 fully saturated rings. The molecule has 0 atom stereocenters. The molecular weight excluding hydrogens is 224 g/mol. The number of hydrogen-bond donors (Lipinski definition) is 1. The monoisotopic (exact) mass is 248 g/mol. The first-order valence-electron chi connectivity index (χ1n) is 6.88. The summed E-state index contributed by atoms with van der Waals surface area (Å²) >= 11 is 0. The number of benzene rings is 1. The number of rotatable bonds is 6. The lowest BCUT2D eigenvalue weighted by Gasteiger charge is -2.14. The van der Waals surface area contributed by atoms with Crippen LogP contribution >= 0.6 is 0 Å². The molecule has 0 spiro atoms. The van der Waals surface area contributed by atoms with Crippen LogP contribution in [0.4, 0.5) is 5.69 Å². The summed E-state index contributed by atoms with van der Waals surface area (Å²) in [6.45, 7) is 1.68. The molecule has 3 heteroatoms. The number of likely N-dealkylation sites (N-methyl/N-ethyl adjacent to an activating group) is 1. The number of nitrogens with zero attached hydrogens (tertiary/aromatic N) is 1. The fourth-order valence-corrected chi connectivity index (χ4v) is 2.30. The SMILES string of the molecule is CN(C)CCOc1ccc(NC2CCCC2)cc1. The van der Waals surface area contributed by atoms with E-state index in [0.29, 0.717) is 6.04 Å². The molecule has 18 heavy (non-hydrogen) atoms. The van der Waals surface area contributed by atoms with Gasteiger partial charge in [-0.25, -0.2) is 0 Å². The van der Waals surface area contributed by atoms with Crippen LogP contribution in [-0.4, -0.2) is 38.2 Å². The van der Waals surface area contributed by atoms with Gasteiger partial charge >= 0.3 is 0 Å². The van der Waals surface area contributed by atoms with Crippen LogP contribution < -0.4 is 10.1 Å². The van der Waals surface area contributed by atoms with Crippen LogP contribution in [0, 0.1) is 0 Å². The van der Waals surface area contributed by atoms with Gasteiger partial charge in [-0.15, -0.1) is 0 Å². The summed E-state index contributed by atoms with van der Waals surface area (Å²) in [7, 11) is 4.11. The van der Waals surface area contributed by atoms with Gasteiger partial charge in [-0.2, -0.15) is 0 Å². The lowest BCUT2D eigenvalue weighted by atomic mass is 10.2. The largest absolute Gasteiger partial charge is 0.492 e. The van der Waals surface area contributed by atoms with Crippen molar-refractivity contribution in [2.75, 3.05) is 32.6 Å². The van der Waals surface area contributed by atoms with Crippen molar-refractivity contribution in [1.82, 2.24) is 4.90 Å². The lowest BCUT2D eigenvalue weighted by Crippen LogP contribution is -2.19. The van der Waals surface area contributed by atoms with Gasteiger partial charge in [0, 0.05) is 18.3 Å². The molecule has 1 aromatic rings. The van der Waals surface area contributed by atoms with Gasteiger partial charge in [-0.05, 0) is 51.2 Å². The van der Waals surface area contributed by atoms with Crippen LogP contribution in [-0.2, 0) is 0 Å². The van der Waals surface area contributed by atoms with Gasteiger partial charge in [-0.1, -0.05) is 12.8 Å². The molecule has 100 valence electrons. The van der Waals surface area contributed by atoms with Gasteiger partial charge < -0.3 is 15.0 Å². The highest BCUT2D eigenvalue weighted by atomic mass is 16.5. The smallest absolute Gasteiger partial charge is 0.119 e. The highest BCUT2D eigenvalue weighted by molar-refractivity contribution is 5.47. The molecule has 1 saturated carbocycles. The molecule has 0 radical (unpaired) electrons. The van der Waals surface area contributed by atoms with E-state index >= 15 is 0 Å². The average molecular weight is 248 g/mol. The molecule has 0 aliphatic heterocycles. The zero-order chi connectivity index (χ0) is 12.8. The van der Waals surface area contributed by atoms with E-state index in [9.17, 15) is 0 Å². The van der Waals surface area contributed by atoms with Gasteiger partial charge in [0.25, 0.3) is 0 Å². The third-order valence-corrected chi connectivity index (χ3v) is 3.39. The molecule has 0 bridgehead atoms. The molecule has 3 nitrogen and oxygen atoms in total. The fraction of sp³-hybridized carbons (Fsp3) is 0.600. The van der Waals surface area contributed by atoms with Crippen LogP contribution in [0.5, 0.6) is 5.75 Å². The molecule has 1 aliphatic carbocycles. The molecule has 2 rings (SSSR count). The Morgan fingerprint density at radius 1 is 1.17 bits per heavy atom. The molecule has 1 aliphatic rings. The van der Waals surface area contributed by atoms with Crippen molar-refractivity contribution in [1.29, 1.82) is 0 Å². The Morgan fingerprint density at radius 2 is 1.83 bits per heavy atom. The third kappa shape index (κ3) is 4.22. The van der Waals surface area contributed by atoms with Gasteiger partial charge in [-0.3, -0.25) is 0 Å². The summed E-state index contributed by atoms with van der Waals surface area (Å²) in [4.78, 5) is 2.12. The summed E-state index contributed by atoms with van der Waals surface area (Å²) in [5.41, 5.74) is 1.21. The Hall–Kier alpha value is -1.22. The first-order valence-corrected chi connectivity index (χ1v) is 6.88. The highest BCUT2D eigenvalue weighted by Gasteiger charge is 2.14. The van der Waals surface area contributed by atoms with Crippen LogP contribution in [0.3, 0.4) is 0 Å². The molecule has 1 N–H and O–H groups in total. The lowest BCUT2D eigenvalue weighted by molar-refractivity contribution is 0.261. The minimum absolute atomic E-state index is 0.672. The van der Waals surface area contributed by atoms with Crippen molar-refractivity contribution in [3.63, 3.8) is 0 Å². The Balaban J connectivity index is 1.77. The summed E-state index contributed by atoms with van der Waals surface area (Å²) < 4.78 is 5.67. The zero-order valence-corrected chi connectivity index (χ0v) is 11.5. The van der Waals surface area contributed by atoms with E-state index in [0.717, 1.165) is 18.9 Å². The maximum Gasteiger partial charge on any atom is 0.119 e. The Kier molecular flexibility index (Phi) is 4.88. The number of nitrogens with one attached hydrogen (secondary N) is 1. The first-order chi connectivity index (χ1) is 8.74. The third-order valence-electron chi connectivity index (χ3n) is 3.39. The zero-order valence-electron chi connectivity index (χ0n) is 11.5. The summed E-state index contributed by atoms with van der Waals surface area (Å²) in [6, 6.07) is 9.00. The predicted octanol–water partition coefficient (Wildman–Crippen LogP) is 2.98. The van der Waals surface area contributed by atoms with E-state index in [2.05, 4.69) is 36.4 Å². The van der Waals surface area contributed by atoms with Gasteiger partial charge in [0.1, 0.15) is 12.4 Å². The fourth-order valence-electron chi connectivity index (χ4n) is 2.30. The Bertz CT molecular complexity index is 342. The minimum atomic E-state index is 0.672. The maximum atomic E-state index is 5.67. The van der Waals surface area contributed by atoms with E-state index in [-0.39, 0.29) is 0 Å². The van der Waals surface area contributed by atoms with Gasteiger partial charge in [0.2, 0.25) is 0 Å². The molecule has 1 aromatic carbocycles. The van der Waals surface area contributed by atoms with Crippen molar-refractivity contribution < 1.29 is 4.74 Å². The van der Waals surface area contributed by atoms with Crippen LogP contribution in [0.25, 0.3) is 0 Å². The number of ether oxygens (including phenoxy) is 1. The molecule has 0 saturated heterocycles. The topological polar surface area (TPSA) is 24.5 Å². The first kappa shape index (κ1) is 13.2. The van der Waals surface area contributed by atoms with Crippen molar-refractivity contribution in [2.45, 2.75) is 31.7 Å². The second kappa shape index (κ2) is 6.64. The van der Waals surface area contributed by atoms with Crippen molar-refractivity contribution >= 4 is 5.69 Å². The van der Waals surface area contributed by atoms with E-state index in [1.54, 1.807) is 0 Å². The molecule has 0 amide bonds. The minimum Gasteiger partial charge on any atom is -0.492 e. The van der Waals surface area contributed by atoms with Crippen molar-refractivity contribution in [3.8, 4) is 5.75 Å². The van der Waals surface area contributed by atoms with Crippen molar-refractivity contribution in [2.24, 2.45) is 0 Å². The van der Waals surface area contributed by atoms with E-state index < -0.39 is 0 Å². The van der Waals surface area contributed by atoms with E-state index in [1.807, 2.05) is 12.1 Å².